The molecule has 1 aromatic heterocycles. The van der Waals surface area contributed by atoms with E-state index in [-0.39, 0.29) is 0 Å². The molecule has 0 radical (unpaired) electrons. The molecule has 122 valence electrons. The number of methoxy groups -OCH3 is 2. The average Bonchev–Trinajstić information content (AvgIpc) is 2.67. The molecule has 0 aliphatic heterocycles. The Morgan fingerprint density at radius 3 is 2.38 bits per heavy atom. The summed E-state index contributed by atoms with van der Waals surface area (Å²) in [6.07, 6.45) is 0. The molecule has 0 aliphatic carbocycles. The molecular weight excluding hydrogens is 320 g/mol. The summed E-state index contributed by atoms with van der Waals surface area (Å²) in [5, 5.41) is 9.55. The van der Waals surface area contributed by atoms with Gasteiger partial charge in [0.1, 0.15) is 16.5 Å². The van der Waals surface area contributed by atoms with Crippen molar-refractivity contribution < 1.29 is 9.47 Å². The third-order valence-electron chi connectivity index (χ3n) is 3.55. The molecule has 0 amide bonds. The molecule has 0 bridgehead atoms. The summed E-state index contributed by atoms with van der Waals surface area (Å²) in [6.45, 7) is 0. The Bertz CT molecular complexity index is 792. The van der Waals surface area contributed by atoms with Crippen LogP contribution >= 0.6 is 11.8 Å². The van der Waals surface area contributed by atoms with Gasteiger partial charge in [0, 0.05) is 17.4 Å². The van der Waals surface area contributed by atoms with Crippen molar-refractivity contribution in [2.45, 2.75) is 10.8 Å². The zero-order valence-corrected chi connectivity index (χ0v) is 14.4. The lowest BCUT2D eigenvalue weighted by Crippen LogP contribution is -1.94. The van der Waals surface area contributed by atoms with Gasteiger partial charge in [-0.05, 0) is 29.8 Å². The van der Waals surface area contributed by atoms with Gasteiger partial charge in [-0.1, -0.05) is 42.1 Å². The minimum atomic E-state index is 0.716. The van der Waals surface area contributed by atoms with Crippen molar-refractivity contribution in [1.29, 1.82) is 0 Å². The predicted octanol–water partition coefficient (Wildman–Crippen LogP) is 4.45. The van der Waals surface area contributed by atoms with E-state index >= 15 is 0 Å². The highest BCUT2D eigenvalue weighted by molar-refractivity contribution is 7.98. The van der Waals surface area contributed by atoms with E-state index in [4.69, 9.17) is 9.47 Å². The number of benzene rings is 2. The summed E-state index contributed by atoms with van der Waals surface area (Å²) in [6, 6.07) is 19.9. The van der Waals surface area contributed by atoms with Gasteiger partial charge < -0.3 is 9.47 Å². The van der Waals surface area contributed by atoms with Gasteiger partial charge in [0.05, 0.1) is 19.9 Å². The molecular formula is C19H18N2O2S. The van der Waals surface area contributed by atoms with Crippen LogP contribution < -0.4 is 9.47 Å². The smallest absolute Gasteiger partial charge is 0.132 e. The highest BCUT2D eigenvalue weighted by Gasteiger charge is 2.09. The number of hydrogen-bond acceptors (Lipinski definition) is 5. The number of aromatic nitrogens is 2. The van der Waals surface area contributed by atoms with E-state index in [2.05, 4.69) is 22.3 Å². The minimum Gasteiger partial charge on any atom is -0.497 e. The van der Waals surface area contributed by atoms with Gasteiger partial charge in [0.2, 0.25) is 0 Å². The van der Waals surface area contributed by atoms with Crippen molar-refractivity contribution in [3.05, 3.63) is 66.2 Å². The van der Waals surface area contributed by atoms with E-state index in [1.165, 1.54) is 5.56 Å². The van der Waals surface area contributed by atoms with Crippen LogP contribution in [0, 0.1) is 0 Å². The molecule has 0 saturated carbocycles. The second-order valence-corrected chi connectivity index (χ2v) is 6.09. The van der Waals surface area contributed by atoms with Crippen molar-refractivity contribution >= 4 is 11.8 Å². The zero-order chi connectivity index (χ0) is 16.8. The van der Waals surface area contributed by atoms with Gasteiger partial charge in [-0.2, -0.15) is 0 Å². The Morgan fingerprint density at radius 2 is 1.71 bits per heavy atom. The summed E-state index contributed by atoms with van der Waals surface area (Å²) >= 11 is 1.67. The van der Waals surface area contributed by atoms with Crippen LogP contribution in [0.25, 0.3) is 11.3 Å². The van der Waals surface area contributed by atoms with Gasteiger partial charge in [-0.15, -0.1) is 10.2 Å². The maximum Gasteiger partial charge on any atom is 0.132 e. The topological polar surface area (TPSA) is 44.2 Å². The lowest BCUT2D eigenvalue weighted by molar-refractivity contribution is 0.395. The number of nitrogens with zero attached hydrogens (tertiary/aromatic N) is 2. The standard InChI is InChI=1S/C19H18N2O2S/c1-22-15-8-9-16(18(12-15)23-2)17-10-11-19(21-20-17)24-13-14-6-4-3-5-7-14/h3-12H,13H2,1-2H3. The Kier molecular flexibility index (Phi) is 5.33. The second-order valence-electron chi connectivity index (χ2n) is 5.10. The Labute approximate surface area is 145 Å². The molecule has 3 rings (SSSR count). The largest absolute Gasteiger partial charge is 0.497 e. The van der Waals surface area contributed by atoms with Gasteiger partial charge >= 0.3 is 0 Å². The summed E-state index contributed by atoms with van der Waals surface area (Å²) in [7, 11) is 3.27. The normalized spacial score (nSPS) is 10.4. The first-order valence-electron chi connectivity index (χ1n) is 7.53. The second kappa shape index (κ2) is 7.84. The molecule has 0 unspecified atom stereocenters. The van der Waals surface area contributed by atoms with E-state index in [0.29, 0.717) is 5.75 Å². The van der Waals surface area contributed by atoms with Crippen LogP contribution in [-0.4, -0.2) is 24.4 Å². The molecule has 0 atom stereocenters. The fourth-order valence-electron chi connectivity index (χ4n) is 2.28. The van der Waals surface area contributed by atoms with Crippen molar-refractivity contribution in [2.24, 2.45) is 0 Å². The lowest BCUT2D eigenvalue weighted by Gasteiger charge is -2.09. The molecule has 0 fully saturated rings. The van der Waals surface area contributed by atoms with E-state index < -0.39 is 0 Å². The quantitative estimate of drug-likeness (QED) is 0.621. The van der Waals surface area contributed by atoms with E-state index in [1.54, 1.807) is 26.0 Å². The minimum absolute atomic E-state index is 0.716. The zero-order valence-electron chi connectivity index (χ0n) is 13.6. The van der Waals surface area contributed by atoms with Crippen LogP contribution in [0.2, 0.25) is 0 Å². The maximum atomic E-state index is 5.42. The van der Waals surface area contributed by atoms with Crippen LogP contribution in [0.15, 0.2) is 65.7 Å². The first kappa shape index (κ1) is 16.3. The summed E-state index contributed by atoms with van der Waals surface area (Å²) < 4.78 is 10.6. The summed E-state index contributed by atoms with van der Waals surface area (Å²) in [5.41, 5.74) is 2.94. The van der Waals surface area contributed by atoms with Crippen LogP contribution in [0.5, 0.6) is 11.5 Å². The molecule has 5 heteroatoms. The van der Waals surface area contributed by atoms with E-state index in [9.17, 15) is 0 Å². The fraction of sp³-hybridized carbons (Fsp3) is 0.158. The monoisotopic (exact) mass is 338 g/mol. The average molecular weight is 338 g/mol. The van der Waals surface area contributed by atoms with Crippen LogP contribution in [-0.2, 0) is 5.75 Å². The Balaban J connectivity index is 1.75. The van der Waals surface area contributed by atoms with Gasteiger partial charge in [0.15, 0.2) is 0 Å². The first-order chi connectivity index (χ1) is 11.8. The number of rotatable bonds is 6. The molecule has 1 heterocycles. The molecule has 0 N–H and O–H groups in total. The van der Waals surface area contributed by atoms with E-state index in [1.807, 2.05) is 48.5 Å². The third-order valence-corrected chi connectivity index (χ3v) is 4.55. The molecule has 24 heavy (non-hydrogen) atoms. The van der Waals surface area contributed by atoms with Crippen molar-refractivity contribution in [3.63, 3.8) is 0 Å². The Hall–Kier alpha value is -2.53. The molecule has 0 saturated heterocycles. The Morgan fingerprint density at radius 1 is 0.875 bits per heavy atom. The molecule has 4 nitrogen and oxygen atoms in total. The van der Waals surface area contributed by atoms with Gasteiger partial charge in [-0.3, -0.25) is 0 Å². The fourth-order valence-corrected chi connectivity index (χ4v) is 3.05. The van der Waals surface area contributed by atoms with Gasteiger partial charge in [-0.25, -0.2) is 0 Å². The van der Waals surface area contributed by atoms with Crippen molar-refractivity contribution in [1.82, 2.24) is 10.2 Å². The van der Waals surface area contributed by atoms with Crippen LogP contribution in [0.3, 0.4) is 0 Å². The summed E-state index contributed by atoms with van der Waals surface area (Å²) in [4.78, 5) is 0. The SMILES string of the molecule is COc1ccc(-c2ccc(SCc3ccccc3)nn2)c(OC)c1. The van der Waals surface area contributed by atoms with Crippen LogP contribution in [0.4, 0.5) is 0 Å². The van der Waals surface area contributed by atoms with E-state index in [0.717, 1.165) is 27.8 Å². The highest BCUT2D eigenvalue weighted by Crippen LogP contribution is 2.32. The lowest BCUT2D eigenvalue weighted by atomic mass is 10.1. The molecule has 0 aliphatic rings. The number of ether oxygens (including phenoxy) is 2. The molecule has 0 spiro atoms. The van der Waals surface area contributed by atoms with Crippen molar-refractivity contribution in [3.8, 4) is 22.8 Å². The summed E-state index contributed by atoms with van der Waals surface area (Å²) in [5.74, 6) is 2.34. The highest BCUT2D eigenvalue weighted by atomic mass is 32.2. The number of thioether (sulfide) groups is 1. The molecule has 3 aromatic rings. The molecule has 2 aromatic carbocycles. The van der Waals surface area contributed by atoms with Crippen LogP contribution in [0.1, 0.15) is 5.56 Å². The predicted molar refractivity (Wildman–Crippen MR) is 96.6 cm³/mol. The third kappa shape index (κ3) is 3.86. The number of hydrogen-bond donors (Lipinski definition) is 0. The first-order valence-corrected chi connectivity index (χ1v) is 8.51. The maximum absolute atomic E-state index is 5.42. The van der Waals surface area contributed by atoms with Crippen molar-refractivity contribution in [2.75, 3.05) is 14.2 Å². The van der Waals surface area contributed by atoms with Gasteiger partial charge in [0.25, 0.3) is 0 Å².